The number of aromatic nitrogens is 2. The molecule has 0 spiro atoms. The van der Waals surface area contributed by atoms with Crippen LogP contribution in [0, 0.1) is 5.92 Å². The lowest BCUT2D eigenvalue weighted by Gasteiger charge is -2.18. The van der Waals surface area contributed by atoms with Crippen molar-refractivity contribution < 1.29 is 9.90 Å². The first-order valence-corrected chi connectivity index (χ1v) is 4.46. The van der Waals surface area contributed by atoms with Gasteiger partial charge in [0, 0.05) is 11.3 Å². The Kier molecular flexibility index (Phi) is 1.83. The number of nitrogens with zero attached hydrogens (tertiary/aromatic N) is 1. The summed E-state index contributed by atoms with van der Waals surface area (Å²) >= 11 is 0. The maximum Gasteiger partial charge on any atom is 0.111 e. The first-order chi connectivity index (χ1) is 6.18. The van der Waals surface area contributed by atoms with Gasteiger partial charge in [0.05, 0.1) is 5.97 Å². The van der Waals surface area contributed by atoms with Crippen molar-refractivity contribution in [1.82, 2.24) is 10.2 Å². The average Bonchev–Trinajstić information content (AvgIpc) is 2.46. The van der Waals surface area contributed by atoms with E-state index in [2.05, 4.69) is 17.1 Å². The highest BCUT2D eigenvalue weighted by Gasteiger charge is 2.21. The Morgan fingerprint density at radius 1 is 1.69 bits per heavy atom. The molecule has 1 aliphatic carbocycles. The fourth-order valence-electron chi connectivity index (χ4n) is 1.84. The summed E-state index contributed by atoms with van der Waals surface area (Å²) < 4.78 is 0. The van der Waals surface area contributed by atoms with Crippen LogP contribution in [0.15, 0.2) is 0 Å². The normalized spacial score (nSPS) is 21.2. The Labute approximate surface area is 76.0 Å². The third-order valence-corrected chi connectivity index (χ3v) is 2.59. The lowest BCUT2D eigenvalue weighted by Crippen LogP contribution is -2.25. The smallest absolute Gasteiger partial charge is 0.111 e. The van der Waals surface area contributed by atoms with Crippen LogP contribution >= 0.6 is 0 Å². The van der Waals surface area contributed by atoms with Crippen LogP contribution in [0.5, 0.6) is 0 Å². The number of hydrogen-bond acceptors (Lipinski definition) is 3. The van der Waals surface area contributed by atoms with Crippen molar-refractivity contribution in [3.8, 4) is 0 Å². The topological polar surface area (TPSA) is 68.8 Å². The highest BCUT2D eigenvalue weighted by Crippen LogP contribution is 2.25. The van der Waals surface area contributed by atoms with Gasteiger partial charge in [-0.25, -0.2) is 0 Å². The number of H-pyrrole nitrogens is 1. The minimum atomic E-state index is -1.17. The van der Waals surface area contributed by atoms with Crippen molar-refractivity contribution in [2.45, 2.75) is 26.2 Å². The summed E-state index contributed by atoms with van der Waals surface area (Å²) in [6, 6.07) is 0. The van der Waals surface area contributed by atoms with E-state index in [0.717, 1.165) is 30.5 Å². The third kappa shape index (κ3) is 1.32. The van der Waals surface area contributed by atoms with Gasteiger partial charge in [-0.15, -0.1) is 0 Å². The van der Waals surface area contributed by atoms with E-state index in [1.54, 1.807) is 0 Å². The predicted octanol–water partition coefficient (Wildman–Crippen LogP) is -0.102. The van der Waals surface area contributed by atoms with E-state index in [0.29, 0.717) is 5.92 Å². The molecule has 70 valence electrons. The Balaban J connectivity index is 2.41. The summed E-state index contributed by atoms with van der Waals surface area (Å²) in [6.45, 7) is 2.12. The van der Waals surface area contributed by atoms with Crippen molar-refractivity contribution >= 4 is 5.97 Å². The molecule has 4 heteroatoms. The fraction of sp³-hybridized carbons (Fsp3) is 0.556. The largest absolute Gasteiger partial charge is 0.543 e. The number of aromatic carboxylic acids is 1. The minimum Gasteiger partial charge on any atom is -0.543 e. The van der Waals surface area contributed by atoms with Crippen molar-refractivity contribution in [3.05, 3.63) is 17.0 Å². The number of fused-ring (bicyclic) bond motifs is 1. The average molecular weight is 179 g/mol. The van der Waals surface area contributed by atoms with Crippen LogP contribution in [0.1, 0.15) is 35.1 Å². The van der Waals surface area contributed by atoms with Gasteiger partial charge in [-0.05, 0) is 25.2 Å². The molecule has 0 bridgehead atoms. The molecular weight excluding hydrogens is 168 g/mol. The van der Waals surface area contributed by atoms with Crippen LogP contribution < -0.4 is 5.11 Å². The van der Waals surface area contributed by atoms with E-state index >= 15 is 0 Å². The zero-order valence-electron chi connectivity index (χ0n) is 7.46. The molecule has 1 heterocycles. The van der Waals surface area contributed by atoms with Gasteiger partial charge in [0.2, 0.25) is 0 Å². The van der Waals surface area contributed by atoms with Gasteiger partial charge in [0.25, 0.3) is 0 Å². The second kappa shape index (κ2) is 2.87. The van der Waals surface area contributed by atoms with E-state index in [-0.39, 0.29) is 5.69 Å². The molecule has 0 aromatic carbocycles. The summed E-state index contributed by atoms with van der Waals surface area (Å²) in [7, 11) is 0. The summed E-state index contributed by atoms with van der Waals surface area (Å²) in [5.41, 5.74) is 1.91. The second-order valence-corrected chi connectivity index (χ2v) is 3.66. The van der Waals surface area contributed by atoms with Crippen LogP contribution in [-0.2, 0) is 12.8 Å². The van der Waals surface area contributed by atoms with Gasteiger partial charge in [-0.1, -0.05) is 6.92 Å². The second-order valence-electron chi connectivity index (χ2n) is 3.66. The number of carboxylic acids is 1. The Hall–Kier alpha value is -1.32. The lowest BCUT2D eigenvalue weighted by molar-refractivity contribution is -0.255. The molecule has 1 N–H and O–H groups in total. The third-order valence-electron chi connectivity index (χ3n) is 2.59. The molecular formula is C9H11N2O2-. The maximum atomic E-state index is 10.6. The molecule has 1 aromatic heterocycles. The molecule has 2 rings (SSSR count). The van der Waals surface area contributed by atoms with Crippen LogP contribution in [0.4, 0.5) is 0 Å². The Morgan fingerprint density at radius 3 is 3.15 bits per heavy atom. The van der Waals surface area contributed by atoms with E-state index in [1.165, 1.54) is 0 Å². The molecule has 13 heavy (non-hydrogen) atoms. The van der Waals surface area contributed by atoms with Gasteiger partial charge >= 0.3 is 0 Å². The molecule has 4 nitrogen and oxygen atoms in total. The minimum absolute atomic E-state index is 0.0987. The zero-order chi connectivity index (χ0) is 9.42. The zero-order valence-corrected chi connectivity index (χ0v) is 7.46. The predicted molar refractivity (Wildman–Crippen MR) is 44.1 cm³/mol. The van der Waals surface area contributed by atoms with Crippen molar-refractivity contribution in [1.29, 1.82) is 0 Å². The molecule has 0 radical (unpaired) electrons. The molecule has 0 fully saturated rings. The van der Waals surface area contributed by atoms with Crippen LogP contribution in [-0.4, -0.2) is 16.2 Å². The number of rotatable bonds is 1. The fourth-order valence-corrected chi connectivity index (χ4v) is 1.84. The van der Waals surface area contributed by atoms with Gasteiger partial charge < -0.3 is 9.90 Å². The molecule has 0 aliphatic heterocycles. The molecule has 1 atom stereocenters. The SMILES string of the molecule is C[C@H]1CCc2[nH]nc(C(=O)[O-])c2C1. The lowest BCUT2D eigenvalue weighted by atomic mass is 9.88. The number of aryl methyl sites for hydroxylation is 1. The first kappa shape index (κ1) is 8.29. The molecule has 1 aromatic rings. The number of carbonyl (C=O) groups excluding carboxylic acids is 1. The highest BCUT2D eigenvalue weighted by molar-refractivity contribution is 5.85. The molecule has 1 aliphatic rings. The standard InChI is InChI=1S/C9H12N2O2/c1-5-2-3-7-6(4-5)8(9(12)13)11-10-7/h5H,2-4H2,1H3,(H,10,11)(H,12,13)/p-1/t5-/m0/s1. The number of hydrogen-bond donors (Lipinski definition) is 1. The Bertz CT molecular complexity index is 343. The maximum absolute atomic E-state index is 10.6. The van der Waals surface area contributed by atoms with Gasteiger partial charge in [0.15, 0.2) is 0 Å². The molecule has 0 saturated carbocycles. The summed E-state index contributed by atoms with van der Waals surface area (Å²) in [5, 5.41) is 17.1. The monoisotopic (exact) mass is 179 g/mol. The van der Waals surface area contributed by atoms with Crippen LogP contribution in [0.3, 0.4) is 0 Å². The van der Waals surface area contributed by atoms with E-state index in [1.807, 2.05) is 0 Å². The van der Waals surface area contributed by atoms with Gasteiger partial charge in [-0.3, -0.25) is 5.10 Å². The van der Waals surface area contributed by atoms with Crippen molar-refractivity contribution in [2.24, 2.45) is 5.92 Å². The van der Waals surface area contributed by atoms with Crippen molar-refractivity contribution in [2.75, 3.05) is 0 Å². The van der Waals surface area contributed by atoms with E-state index in [4.69, 9.17) is 0 Å². The number of carbonyl (C=O) groups is 1. The number of nitrogens with one attached hydrogen (secondary N) is 1. The van der Waals surface area contributed by atoms with Crippen LogP contribution in [0.2, 0.25) is 0 Å². The molecule has 0 saturated heterocycles. The summed E-state index contributed by atoms with van der Waals surface area (Å²) in [6.07, 6.45) is 2.80. The van der Waals surface area contributed by atoms with E-state index < -0.39 is 5.97 Å². The summed E-state index contributed by atoms with van der Waals surface area (Å²) in [4.78, 5) is 10.6. The van der Waals surface area contributed by atoms with Crippen molar-refractivity contribution in [3.63, 3.8) is 0 Å². The molecule has 0 unspecified atom stereocenters. The summed E-state index contributed by atoms with van der Waals surface area (Å²) in [5.74, 6) is -0.630. The molecule has 0 amide bonds. The quantitative estimate of drug-likeness (QED) is 0.654. The van der Waals surface area contributed by atoms with Crippen LogP contribution in [0.25, 0.3) is 0 Å². The van der Waals surface area contributed by atoms with E-state index in [9.17, 15) is 9.90 Å². The Morgan fingerprint density at radius 2 is 2.46 bits per heavy atom. The first-order valence-electron chi connectivity index (χ1n) is 4.46. The number of carboxylic acid groups (broad SMARTS) is 1. The number of aromatic amines is 1. The highest BCUT2D eigenvalue weighted by atomic mass is 16.4. The van der Waals surface area contributed by atoms with Gasteiger partial charge in [0.1, 0.15) is 5.69 Å². The van der Waals surface area contributed by atoms with Gasteiger partial charge in [-0.2, -0.15) is 5.10 Å².